The van der Waals surface area contributed by atoms with Crippen LogP contribution in [0.3, 0.4) is 0 Å². The van der Waals surface area contributed by atoms with Crippen LogP contribution in [0.5, 0.6) is 11.5 Å². The molecule has 4 rings (SSSR count). The summed E-state index contributed by atoms with van der Waals surface area (Å²) in [4.78, 5) is 0. The van der Waals surface area contributed by atoms with Crippen LogP contribution in [0.15, 0.2) is 71.3 Å². The molecule has 0 saturated heterocycles. The second kappa shape index (κ2) is 7.40. The van der Waals surface area contributed by atoms with Crippen molar-refractivity contribution in [1.29, 1.82) is 0 Å². The molecule has 136 valence electrons. The molecule has 1 aromatic heterocycles. The molecule has 0 fully saturated rings. The Morgan fingerprint density at radius 2 is 1.85 bits per heavy atom. The zero-order valence-electron chi connectivity index (χ0n) is 14.5. The highest BCUT2D eigenvalue weighted by Crippen LogP contribution is 2.32. The molecule has 0 radical (unpaired) electrons. The first kappa shape index (κ1) is 17.5. The van der Waals surface area contributed by atoms with Gasteiger partial charge in [-0.25, -0.2) is 9.07 Å². The fourth-order valence-electron chi connectivity index (χ4n) is 2.91. The topological polar surface area (TPSA) is 36.3 Å². The van der Waals surface area contributed by atoms with E-state index < -0.39 is 5.82 Å². The number of hydrogen-bond acceptors (Lipinski definition) is 3. The Morgan fingerprint density at radius 1 is 1.04 bits per heavy atom. The molecule has 27 heavy (non-hydrogen) atoms. The zero-order chi connectivity index (χ0) is 18.8. The summed E-state index contributed by atoms with van der Waals surface area (Å²) >= 11 is 3.47. The molecule has 0 bridgehead atoms. The van der Waals surface area contributed by atoms with Gasteiger partial charge in [-0.3, -0.25) is 0 Å². The Hall–Kier alpha value is -2.86. The lowest BCUT2D eigenvalue weighted by Crippen LogP contribution is -2.00. The van der Waals surface area contributed by atoms with Crippen molar-refractivity contribution in [1.82, 2.24) is 9.78 Å². The minimum absolute atomic E-state index is 0.206. The van der Waals surface area contributed by atoms with Crippen molar-refractivity contribution in [3.05, 3.63) is 82.7 Å². The summed E-state index contributed by atoms with van der Waals surface area (Å²) in [6.45, 7) is 0.311. The second-order valence-corrected chi connectivity index (χ2v) is 6.90. The number of aromatic nitrogens is 2. The van der Waals surface area contributed by atoms with Gasteiger partial charge in [0.05, 0.1) is 29.9 Å². The van der Waals surface area contributed by atoms with Gasteiger partial charge in [-0.05, 0) is 29.8 Å². The average Bonchev–Trinajstić information content (AvgIpc) is 3.11. The predicted octanol–water partition coefficient (Wildman–Crippen LogP) is 5.51. The number of ether oxygens (including phenoxy) is 2. The molecule has 4 nitrogen and oxygen atoms in total. The Balaban J connectivity index is 1.65. The van der Waals surface area contributed by atoms with Gasteiger partial charge in [0.25, 0.3) is 0 Å². The highest BCUT2D eigenvalue weighted by molar-refractivity contribution is 9.10. The minimum Gasteiger partial charge on any atom is -0.496 e. The SMILES string of the molecule is COc1cc(Br)cc2c1cnn2-c1ccc(OCc2ccccc2)c(F)c1. The lowest BCUT2D eigenvalue weighted by atomic mass is 10.2. The molecule has 1 heterocycles. The molecule has 3 aromatic carbocycles. The molecule has 0 spiro atoms. The van der Waals surface area contributed by atoms with Gasteiger partial charge in [0.15, 0.2) is 11.6 Å². The summed E-state index contributed by atoms with van der Waals surface area (Å²) in [7, 11) is 1.61. The first-order valence-corrected chi connectivity index (χ1v) is 9.13. The maximum absolute atomic E-state index is 14.6. The van der Waals surface area contributed by atoms with E-state index in [9.17, 15) is 4.39 Å². The lowest BCUT2D eigenvalue weighted by Gasteiger charge is -2.10. The smallest absolute Gasteiger partial charge is 0.167 e. The van der Waals surface area contributed by atoms with E-state index in [1.165, 1.54) is 6.07 Å². The third kappa shape index (κ3) is 3.53. The van der Waals surface area contributed by atoms with Gasteiger partial charge >= 0.3 is 0 Å². The van der Waals surface area contributed by atoms with E-state index in [1.807, 2.05) is 42.5 Å². The van der Waals surface area contributed by atoms with Crippen LogP contribution >= 0.6 is 15.9 Å². The largest absolute Gasteiger partial charge is 0.496 e. The van der Waals surface area contributed by atoms with E-state index in [-0.39, 0.29) is 5.75 Å². The highest BCUT2D eigenvalue weighted by atomic mass is 79.9. The maximum Gasteiger partial charge on any atom is 0.167 e. The Morgan fingerprint density at radius 3 is 2.59 bits per heavy atom. The predicted molar refractivity (Wildman–Crippen MR) is 106 cm³/mol. The first-order valence-electron chi connectivity index (χ1n) is 8.33. The lowest BCUT2D eigenvalue weighted by molar-refractivity contribution is 0.290. The van der Waals surface area contributed by atoms with Gasteiger partial charge < -0.3 is 9.47 Å². The first-order chi connectivity index (χ1) is 13.2. The van der Waals surface area contributed by atoms with Crippen LogP contribution in [0.2, 0.25) is 0 Å². The van der Waals surface area contributed by atoms with E-state index in [0.29, 0.717) is 18.0 Å². The Kier molecular flexibility index (Phi) is 4.81. The summed E-state index contributed by atoms with van der Waals surface area (Å²) in [5.41, 5.74) is 2.41. The van der Waals surface area contributed by atoms with Gasteiger partial charge in [0.1, 0.15) is 12.4 Å². The number of fused-ring (bicyclic) bond motifs is 1. The molecule has 4 aromatic rings. The zero-order valence-corrected chi connectivity index (χ0v) is 16.1. The fourth-order valence-corrected chi connectivity index (χ4v) is 3.34. The Labute approximate surface area is 164 Å². The molecule has 0 unspecified atom stereocenters. The van der Waals surface area contributed by atoms with Crippen LogP contribution in [0, 0.1) is 5.82 Å². The Bertz CT molecular complexity index is 1100. The molecule has 0 amide bonds. The molecular weight excluding hydrogens is 411 g/mol. The fraction of sp³-hybridized carbons (Fsp3) is 0.0952. The van der Waals surface area contributed by atoms with E-state index >= 15 is 0 Å². The van der Waals surface area contributed by atoms with Gasteiger partial charge in [-0.2, -0.15) is 5.10 Å². The standard InChI is InChI=1S/C21H16BrFN2O2/c1-26-21-10-15(22)9-19-17(21)12-24-25(19)16-7-8-20(18(23)11-16)27-13-14-5-3-2-4-6-14/h2-12H,13H2,1H3. The summed E-state index contributed by atoms with van der Waals surface area (Å²) in [6, 6.07) is 18.3. The van der Waals surface area contributed by atoms with Crippen molar-refractivity contribution in [2.24, 2.45) is 0 Å². The number of halogens is 2. The monoisotopic (exact) mass is 426 g/mol. The van der Waals surface area contributed by atoms with Crippen molar-refractivity contribution in [3.63, 3.8) is 0 Å². The summed E-state index contributed by atoms with van der Waals surface area (Å²) in [6.07, 6.45) is 1.71. The minimum atomic E-state index is -0.436. The number of hydrogen-bond donors (Lipinski definition) is 0. The van der Waals surface area contributed by atoms with E-state index in [1.54, 1.807) is 30.1 Å². The van der Waals surface area contributed by atoms with Crippen molar-refractivity contribution in [2.75, 3.05) is 7.11 Å². The third-order valence-electron chi connectivity index (χ3n) is 4.23. The van der Waals surface area contributed by atoms with E-state index in [2.05, 4.69) is 21.0 Å². The van der Waals surface area contributed by atoms with Gasteiger partial charge in [0.2, 0.25) is 0 Å². The molecule has 0 aliphatic heterocycles. The third-order valence-corrected chi connectivity index (χ3v) is 4.69. The molecule has 0 N–H and O–H groups in total. The van der Waals surface area contributed by atoms with Crippen LogP contribution in [0.1, 0.15) is 5.56 Å². The van der Waals surface area contributed by atoms with Crippen LogP contribution in [0.4, 0.5) is 4.39 Å². The van der Waals surface area contributed by atoms with E-state index in [4.69, 9.17) is 9.47 Å². The van der Waals surface area contributed by atoms with Crippen molar-refractivity contribution in [2.45, 2.75) is 6.61 Å². The van der Waals surface area contributed by atoms with Crippen LogP contribution in [0.25, 0.3) is 16.6 Å². The average molecular weight is 427 g/mol. The van der Waals surface area contributed by atoms with Crippen molar-refractivity contribution in [3.8, 4) is 17.2 Å². The van der Waals surface area contributed by atoms with Crippen LogP contribution < -0.4 is 9.47 Å². The van der Waals surface area contributed by atoms with E-state index in [0.717, 1.165) is 20.9 Å². The molecule has 6 heteroatoms. The molecule has 0 atom stereocenters. The maximum atomic E-state index is 14.6. The number of methoxy groups -OCH3 is 1. The van der Waals surface area contributed by atoms with Crippen LogP contribution in [-0.2, 0) is 6.61 Å². The summed E-state index contributed by atoms with van der Waals surface area (Å²) in [5.74, 6) is 0.473. The number of rotatable bonds is 5. The summed E-state index contributed by atoms with van der Waals surface area (Å²) in [5, 5.41) is 5.24. The molecule has 0 saturated carbocycles. The summed E-state index contributed by atoms with van der Waals surface area (Å²) < 4.78 is 28.1. The van der Waals surface area contributed by atoms with Gasteiger partial charge in [0, 0.05) is 10.5 Å². The highest BCUT2D eigenvalue weighted by Gasteiger charge is 2.13. The van der Waals surface area contributed by atoms with Gasteiger partial charge in [-0.1, -0.05) is 46.3 Å². The molecular formula is C21H16BrFN2O2. The quantitative estimate of drug-likeness (QED) is 0.421. The van der Waals surface area contributed by atoms with Crippen molar-refractivity contribution < 1.29 is 13.9 Å². The number of nitrogens with zero attached hydrogens (tertiary/aromatic N) is 2. The number of benzene rings is 3. The second-order valence-electron chi connectivity index (χ2n) is 5.99. The molecule has 0 aliphatic rings. The van der Waals surface area contributed by atoms with Crippen LogP contribution in [-0.4, -0.2) is 16.9 Å². The van der Waals surface area contributed by atoms with Crippen molar-refractivity contribution >= 4 is 26.8 Å². The molecule has 0 aliphatic carbocycles. The van der Waals surface area contributed by atoms with Gasteiger partial charge in [-0.15, -0.1) is 0 Å². The normalized spacial score (nSPS) is 10.9.